The van der Waals surface area contributed by atoms with Gasteiger partial charge in [-0.25, -0.2) is 9.78 Å². The molecule has 0 unspecified atom stereocenters. The minimum Gasteiger partial charge on any atom is -0.495 e. The van der Waals surface area contributed by atoms with Crippen molar-refractivity contribution in [3.05, 3.63) is 71.7 Å². The number of hydrogen-bond donors (Lipinski definition) is 2. The van der Waals surface area contributed by atoms with E-state index in [-0.39, 0.29) is 36.7 Å². The number of aromatic nitrogens is 3. The van der Waals surface area contributed by atoms with Crippen LogP contribution in [0.15, 0.2) is 54.7 Å². The lowest BCUT2D eigenvalue weighted by Crippen LogP contribution is -2.51. The van der Waals surface area contributed by atoms with Crippen LogP contribution in [0.5, 0.6) is 11.5 Å². The Bertz CT molecular complexity index is 2020. The van der Waals surface area contributed by atoms with Crippen LogP contribution in [-0.2, 0) is 4.79 Å². The predicted octanol–water partition coefficient (Wildman–Crippen LogP) is 3.55. The van der Waals surface area contributed by atoms with Gasteiger partial charge in [0.25, 0.3) is 11.8 Å². The van der Waals surface area contributed by atoms with Gasteiger partial charge in [-0.3, -0.25) is 34.2 Å². The number of hydrogen-bond acceptors (Lipinski definition) is 10. The normalized spacial score (nSPS) is 17.6. The zero-order chi connectivity index (χ0) is 37.1. The first-order valence-corrected chi connectivity index (χ1v) is 18.0. The molecule has 3 aliphatic rings. The van der Waals surface area contributed by atoms with Gasteiger partial charge in [0.15, 0.2) is 0 Å². The van der Waals surface area contributed by atoms with Crippen LogP contribution in [0.3, 0.4) is 0 Å². The molecule has 0 saturated carbocycles. The van der Waals surface area contributed by atoms with E-state index in [1.807, 2.05) is 36.1 Å². The van der Waals surface area contributed by atoms with Crippen LogP contribution in [0.25, 0.3) is 10.9 Å². The number of fused-ring (bicyclic) bond motifs is 1. The van der Waals surface area contributed by atoms with Crippen LogP contribution in [0.2, 0.25) is 0 Å². The number of amides is 5. The number of anilines is 2. The topological polar surface area (TPSA) is 154 Å². The molecule has 3 saturated heterocycles. The highest BCUT2D eigenvalue weighted by atomic mass is 16.5. The molecule has 2 aromatic carbocycles. The average molecular weight is 724 g/mol. The average Bonchev–Trinajstić information content (AvgIpc) is 3.59. The number of carbonyl (C=O) groups is 4. The van der Waals surface area contributed by atoms with Crippen molar-refractivity contribution in [3.63, 3.8) is 0 Å². The van der Waals surface area contributed by atoms with E-state index in [9.17, 15) is 19.2 Å². The molecule has 5 amide bonds. The van der Waals surface area contributed by atoms with Gasteiger partial charge in [0.2, 0.25) is 5.91 Å². The fourth-order valence-corrected chi connectivity index (χ4v) is 7.26. The second-order valence-electron chi connectivity index (χ2n) is 13.7. The smallest absolute Gasteiger partial charge is 0.328 e. The van der Waals surface area contributed by atoms with E-state index in [0.29, 0.717) is 47.2 Å². The van der Waals surface area contributed by atoms with E-state index in [0.717, 1.165) is 68.7 Å². The molecule has 278 valence electrons. The zero-order valence-corrected chi connectivity index (χ0v) is 30.3. The van der Waals surface area contributed by atoms with Crippen LogP contribution in [0.4, 0.5) is 16.2 Å². The number of methoxy groups -OCH3 is 2. The van der Waals surface area contributed by atoms with Gasteiger partial charge in [-0.2, -0.15) is 5.10 Å². The Balaban J connectivity index is 0.888. The highest BCUT2D eigenvalue weighted by Crippen LogP contribution is 2.33. The third-order valence-corrected chi connectivity index (χ3v) is 10.3. The van der Waals surface area contributed by atoms with Crippen molar-refractivity contribution in [1.82, 2.24) is 34.8 Å². The van der Waals surface area contributed by atoms with E-state index in [1.54, 1.807) is 31.4 Å². The van der Waals surface area contributed by atoms with Gasteiger partial charge in [0.05, 0.1) is 37.2 Å². The number of likely N-dealkylation sites (tertiary alicyclic amines) is 1. The molecule has 3 fully saturated rings. The molecule has 15 nitrogen and oxygen atoms in total. The molecule has 53 heavy (non-hydrogen) atoms. The SMILES string of the molecule is COc1cc2nn(C3CCN(CCN4CCN(C(=O)c5ccc(OC)c(N6CCC(=O)NC6=O)c5)CC4)CC3)cc2cc1NC(=O)c1cccc(C)n1. The van der Waals surface area contributed by atoms with Gasteiger partial charge < -0.3 is 24.6 Å². The number of ether oxygens (including phenoxy) is 2. The molecule has 2 N–H and O–H groups in total. The molecule has 15 heteroatoms. The molecule has 4 aromatic rings. The number of imide groups is 1. The summed E-state index contributed by atoms with van der Waals surface area (Å²) in [6, 6.07) is 14.0. The van der Waals surface area contributed by atoms with Crippen molar-refractivity contribution in [2.24, 2.45) is 0 Å². The second kappa shape index (κ2) is 15.6. The molecule has 0 aliphatic carbocycles. The van der Waals surface area contributed by atoms with Crippen molar-refractivity contribution in [1.29, 1.82) is 0 Å². The third-order valence-electron chi connectivity index (χ3n) is 10.3. The van der Waals surface area contributed by atoms with Crippen LogP contribution >= 0.6 is 0 Å². The lowest BCUT2D eigenvalue weighted by atomic mass is 10.1. The molecular weight excluding hydrogens is 678 g/mol. The van der Waals surface area contributed by atoms with Gasteiger partial charge in [-0.1, -0.05) is 6.07 Å². The van der Waals surface area contributed by atoms with E-state index >= 15 is 0 Å². The van der Waals surface area contributed by atoms with E-state index in [4.69, 9.17) is 14.6 Å². The van der Waals surface area contributed by atoms with Crippen molar-refractivity contribution in [2.75, 3.05) is 83.3 Å². The first-order chi connectivity index (χ1) is 25.7. The number of nitrogens with zero attached hydrogens (tertiary/aromatic N) is 7. The summed E-state index contributed by atoms with van der Waals surface area (Å²) in [6.07, 6.45) is 4.20. The fraction of sp³-hybridized carbons (Fsp3) is 0.421. The molecule has 5 heterocycles. The number of carbonyl (C=O) groups excluding carboxylic acids is 4. The highest BCUT2D eigenvalue weighted by Gasteiger charge is 2.29. The maximum absolute atomic E-state index is 13.5. The predicted molar refractivity (Wildman–Crippen MR) is 199 cm³/mol. The Morgan fingerprint density at radius 2 is 1.62 bits per heavy atom. The molecule has 0 radical (unpaired) electrons. The standard InChI is InChI=1S/C38H45N9O6/c1-25-5-4-6-29(39-25)36(49)40-31-21-27-24-47(42-30(27)23-34(31)53-3)28-9-12-43(13-10-28)15-16-44-17-19-45(20-18-44)37(50)26-7-8-33(52-2)32(22-26)46-14-11-35(48)41-38(46)51/h4-8,21-24,28H,9-20H2,1-3H3,(H,40,49)(H,41,48,51). The number of benzene rings is 2. The Hall–Kier alpha value is -5.54. The fourth-order valence-electron chi connectivity index (χ4n) is 7.26. The molecule has 7 rings (SSSR count). The number of rotatable bonds is 10. The Labute approximate surface area is 307 Å². The van der Waals surface area contributed by atoms with Crippen LogP contribution in [-0.4, -0.2) is 126 Å². The largest absolute Gasteiger partial charge is 0.495 e. The first kappa shape index (κ1) is 35.8. The maximum Gasteiger partial charge on any atom is 0.328 e. The molecule has 3 aliphatic heterocycles. The third kappa shape index (κ3) is 7.95. The monoisotopic (exact) mass is 723 g/mol. The maximum atomic E-state index is 13.5. The van der Waals surface area contributed by atoms with E-state index in [1.165, 1.54) is 12.0 Å². The summed E-state index contributed by atoms with van der Waals surface area (Å²) in [5.41, 5.74) is 3.46. The van der Waals surface area contributed by atoms with Gasteiger partial charge in [0, 0.05) is 94.2 Å². The summed E-state index contributed by atoms with van der Waals surface area (Å²) in [5, 5.41) is 11.1. The summed E-state index contributed by atoms with van der Waals surface area (Å²) >= 11 is 0. The number of aryl methyl sites for hydroxylation is 1. The van der Waals surface area contributed by atoms with Crippen LogP contribution in [0, 0.1) is 6.92 Å². The Morgan fingerprint density at radius 1 is 0.887 bits per heavy atom. The number of nitrogens with one attached hydrogen (secondary N) is 2. The number of piperidine rings is 1. The highest BCUT2D eigenvalue weighted by molar-refractivity contribution is 6.07. The van der Waals surface area contributed by atoms with Crippen molar-refractivity contribution in [2.45, 2.75) is 32.2 Å². The van der Waals surface area contributed by atoms with Crippen molar-refractivity contribution in [3.8, 4) is 11.5 Å². The molecule has 0 bridgehead atoms. The lowest BCUT2D eigenvalue weighted by molar-refractivity contribution is -0.120. The minimum atomic E-state index is -0.521. The van der Waals surface area contributed by atoms with Crippen LogP contribution in [0.1, 0.15) is 51.8 Å². The van der Waals surface area contributed by atoms with Crippen molar-refractivity contribution < 1.29 is 28.7 Å². The van der Waals surface area contributed by atoms with Crippen LogP contribution < -0.4 is 25.0 Å². The first-order valence-electron chi connectivity index (χ1n) is 18.0. The lowest BCUT2D eigenvalue weighted by Gasteiger charge is -2.37. The summed E-state index contributed by atoms with van der Waals surface area (Å²) in [4.78, 5) is 63.1. The Morgan fingerprint density at radius 3 is 2.32 bits per heavy atom. The molecular formula is C38H45N9O6. The quantitative estimate of drug-likeness (QED) is 0.248. The van der Waals surface area contributed by atoms with E-state index in [2.05, 4.69) is 36.3 Å². The summed E-state index contributed by atoms with van der Waals surface area (Å²) in [6.45, 7) is 8.71. The number of piperazine rings is 1. The summed E-state index contributed by atoms with van der Waals surface area (Å²) in [5.74, 6) is 0.305. The summed E-state index contributed by atoms with van der Waals surface area (Å²) in [7, 11) is 3.09. The molecule has 0 atom stereocenters. The van der Waals surface area contributed by atoms with E-state index < -0.39 is 6.03 Å². The van der Waals surface area contributed by atoms with Crippen molar-refractivity contribution >= 4 is 46.0 Å². The molecule has 0 spiro atoms. The zero-order valence-electron chi connectivity index (χ0n) is 30.3. The number of urea groups is 1. The second-order valence-corrected chi connectivity index (χ2v) is 13.7. The minimum absolute atomic E-state index is 0.0885. The number of pyridine rings is 1. The van der Waals surface area contributed by atoms with Gasteiger partial charge in [-0.05, 0) is 56.2 Å². The van der Waals surface area contributed by atoms with Gasteiger partial charge in [-0.15, -0.1) is 0 Å². The van der Waals surface area contributed by atoms with Gasteiger partial charge >= 0.3 is 6.03 Å². The Kier molecular flexibility index (Phi) is 10.5. The summed E-state index contributed by atoms with van der Waals surface area (Å²) < 4.78 is 13.1. The molecule has 2 aromatic heterocycles. The van der Waals surface area contributed by atoms with Gasteiger partial charge in [0.1, 0.15) is 17.2 Å².